The summed E-state index contributed by atoms with van der Waals surface area (Å²) in [7, 11) is 3.36. The van der Waals surface area contributed by atoms with Crippen molar-refractivity contribution in [3.63, 3.8) is 0 Å². The fraction of sp³-hybridized carbons (Fsp3) is 0.565. The molecule has 1 N–H and O–H groups in total. The van der Waals surface area contributed by atoms with Gasteiger partial charge in [-0.05, 0) is 44.6 Å². The summed E-state index contributed by atoms with van der Waals surface area (Å²) >= 11 is 0. The Kier molecular flexibility index (Phi) is 7.29. The number of hydrogen-bond acceptors (Lipinski definition) is 7. The molecular weight excluding hydrogens is 465 g/mol. The third kappa shape index (κ3) is 5.58. The zero-order chi connectivity index (χ0) is 25.2. The maximum absolute atomic E-state index is 13.6. The zero-order valence-electron chi connectivity index (χ0n) is 19.8. The van der Waals surface area contributed by atoms with Crippen molar-refractivity contribution in [1.29, 1.82) is 0 Å². The van der Waals surface area contributed by atoms with Crippen molar-refractivity contribution in [2.75, 3.05) is 58.3 Å². The molecule has 2 aliphatic heterocycles. The van der Waals surface area contributed by atoms with E-state index in [0.29, 0.717) is 11.1 Å². The first-order chi connectivity index (χ1) is 16.7. The lowest BCUT2D eigenvalue weighted by molar-refractivity contribution is -0.144. The molecule has 2 amide bonds. The van der Waals surface area contributed by atoms with Crippen LogP contribution in [0.4, 0.5) is 19.0 Å². The minimum Gasteiger partial charge on any atom is -0.497 e. The minimum atomic E-state index is -4.73. The summed E-state index contributed by atoms with van der Waals surface area (Å²) in [5.74, 6) is -0.982. The third-order valence-corrected chi connectivity index (χ3v) is 6.51. The lowest BCUT2D eigenvalue weighted by atomic mass is 10.1. The number of likely N-dealkylation sites (tertiary alicyclic amines) is 1. The number of carbonyl (C=O) groups excluding carboxylic acids is 2. The van der Waals surface area contributed by atoms with Gasteiger partial charge in [-0.2, -0.15) is 13.2 Å². The number of hydrogen-bond donors (Lipinski definition) is 1. The Hall–Kier alpha value is -3.15. The molecule has 4 rings (SSSR count). The molecule has 2 fully saturated rings. The highest BCUT2D eigenvalue weighted by Gasteiger charge is 2.37. The van der Waals surface area contributed by atoms with Crippen LogP contribution in [0.25, 0.3) is 10.9 Å². The highest BCUT2D eigenvalue weighted by atomic mass is 19.4. The molecule has 12 heteroatoms. The van der Waals surface area contributed by atoms with Crippen LogP contribution in [0.5, 0.6) is 5.75 Å². The summed E-state index contributed by atoms with van der Waals surface area (Å²) in [4.78, 5) is 38.5. The molecule has 0 saturated carbocycles. The maximum atomic E-state index is 13.6. The second kappa shape index (κ2) is 10.2. The lowest BCUT2D eigenvalue weighted by Gasteiger charge is -2.33. The van der Waals surface area contributed by atoms with Crippen molar-refractivity contribution in [2.24, 2.45) is 0 Å². The van der Waals surface area contributed by atoms with Crippen molar-refractivity contribution in [2.45, 2.75) is 31.5 Å². The van der Waals surface area contributed by atoms with Gasteiger partial charge >= 0.3 is 6.18 Å². The smallest absolute Gasteiger partial charge is 0.451 e. The summed E-state index contributed by atoms with van der Waals surface area (Å²) in [5.41, 5.74) is 0.129. The molecule has 190 valence electrons. The fourth-order valence-corrected chi connectivity index (χ4v) is 4.57. The van der Waals surface area contributed by atoms with Gasteiger partial charge in [0.05, 0.1) is 18.7 Å². The topological polar surface area (TPSA) is 90.9 Å². The summed E-state index contributed by atoms with van der Waals surface area (Å²) in [6.07, 6.45) is -2.90. The number of nitrogens with zero attached hydrogens (tertiary/aromatic N) is 5. The molecule has 1 unspecified atom stereocenters. The molecule has 1 aromatic heterocycles. The van der Waals surface area contributed by atoms with Gasteiger partial charge in [0.15, 0.2) is 0 Å². The average molecular weight is 495 g/mol. The first kappa shape index (κ1) is 25.0. The number of alkyl halides is 3. The summed E-state index contributed by atoms with van der Waals surface area (Å²) in [6, 6.07) is 4.35. The van der Waals surface area contributed by atoms with Gasteiger partial charge in [0.25, 0.3) is 0 Å². The monoisotopic (exact) mass is 494 g/mol. The Morgan fingerprint density at radius 1 is 1.14 bits per heavy atom. The number of nitrogens with one attached hydrogen (secondary N) is 1. The SMILES string of the molecule is COc1ccc2nc(C(F)(F)F)nc(N3CCNC(=O)CCN(C(=O)C4CCCN4C)CC3)c2c1. The van der Waals surface area contributed by atoms with E-state index in [1.54, 1.807) is 21.9 Å². The summed E-state index contributed by atoms with van der Waals surface area (Å²) in [5, 5.41) is 3.18. The van der Waals surface area contributed by atoms with Gasteiger partial charge in [0.2, 0.25) is 17.6 Å². The third-order valence-electron chi connectivity index (χ3n) is 6.51. The van der Waals surface area contributed by atoms with E-state index in [0.717, 1.165) is 19.4 Å². The largest absolute Gasteiger partial charge is 0.497 e. The number of carbonyl (C=O) groups is 2. The second-order valence-corrected chi connectivity index (χ2v) is 8.80. The number of methoxy groups -OCH3 is 1. The average Bonchev–Trinajstić information content (AvgIpc) is 3.26. The van der Waals surface area contributed by atoms with E-state index < -0.39 is 12.0 Å². The van der Waals surface area contributed by atoms with Crippen molar-refractivity contribution in [1.82, 2.24) is 25.1 Å². The first-order valence-corrected chi connectivity index (χ1v) is 11.6. The van der Waals surface area contributed by atoms with Gasteiger partial charge in [-0.15, -0.1) is 0 Å². The molecule has 0 aliphatic carbocycles. The van der Waals surface area contributed by atoms with Crippen LogP contribution in [-0.2, 0) is 15.8 Å². The van der Waals surface area contributed by atoms with Crippen LogP contribution in [0, 0.1) is 0 Å². The van der Waals surface area contributed by atoms with E-state index >= 15 is 0 Å². The Bertz CT molecular complexity index is 1100. The molecule has 1 aromatic carbocycles. The molecule has 2 aliphatic rings. The van der Waals surface area contributed by atoms with Gasteiger partial charge in [0, 0.05) is 44.5 Å². The van der Waals surface area contributed by atoms with Gasteiger partial charge in [-0.1, -0.05) is 0 Å². The number of benzene rings is 1. The highest BCUT2D eigenvalue weighted by molar-refractivity contribution is 5.91. The second-order valence-electron chi connectivity index (χ2n) is 8.80. The van der Waals surface area contributed by atoms with E-state index in [-0.39, 0.29) is 68.3 Å². The molecule has 35 heavy (non-hydrogen) atoms. The van der Waals surface area contributed by atoms with Gasteiger partial charge in [0.1, 0.15) is 11.6 Å². The van der Waals surface area contributed by atoms with Gasteiger partial charge in [-0.3, -0.25) is 14.5 Å². The van der Waals surface area contributed by atoms with Crippen molar-refractivity contribution in [3.05, 3.63) is 24.0 Å². The molecule has 3 heterocycles. The van der Waals surface area contributed by atoms with Crippen LogP contribution in [0.1, 0.15) is 25.1 Å². The van der Waals surface area contributed by atoms with Crippen molar-refractivity contribution >= 4 is 28.5 Å². The van der Waals surface area contributed by atoms with Crippen LogP contribution >= 0.6 is 0 Å². The molecular formula is C23H29F3N6O3. The maximum Gasteiger partial charge on any atom is 0.451 e. The number of fused-ring (bicyclic) bond motifs is 1. The molecule has 0 spiro atoms. The molecule has 2 aromatic rings. The van der Waals surface area contributed by atoms with Crippen LogP contribution in [0.2, 0.25) is 0 Å². The number of amides is 2. The molecule has 2 saturated heterocycles. The summed E-state index contributed by atoms with van der Waals surface area (Å²) < 4.78 is 46.1. The van der Waals surface area contributed by atoms with E-state index in [9.17, 15) is 22.8 Å². The van der Waals surface area contributed by atoms with Crippen LogP contribution in [0.3, 0.4) is 0 Å². The minimum absolute atomic E-state index is 0.0662. The van der Waals surface area contributed by atoms with Crippen LogP contribution in [0.15, 0.2) is 18.2 Å². The predicted octanol–water partition coefficient (Wildman–Crippen LogP) is 1.91. The quantitative estimate of drug-likeness (QED) is 0.697. The Labute approximate surface area is 201 Å². The van der Waals surface area contributed by atoms with E-state index in [2.05, 4.69) is 15.3 Å². The van der Waals surface area contributed by atoms with E-state index in [4.69, 9.17) is 4.74 Å². The van der Waals surface area contributed by atoms with E-state index in [1.807, 2.05) is 11.9 Å². The lowest BCUT2D eigenvalue weighted by Crippen LogP contribution is -2.50. The molecule has 0 bridgehead atoms. The number of rotatable bonds is 3. The number of likely N-dealkylation sites (N-methyl/N-ethyl adjacent to an activating group) is 1. The Morgan fingerprint density at radius 2 is 1.94 bits per heavy atom. The Balaban J connectivity index is 1.70. The van der Waals surface area contributed by atoms with Crippen molar-refractivity contribution in [3.8, 4) is 5.75 Å². The first-order valence-electron chi connectivity index (χ1n) is 11.6. The van der Waals surface area contributed by atoms with Crippen molar-refractivity contribution < 1.29 is 27.5 Å². The Morgan fingerprint density at radius 3 is 2.63 bits per heavy atom. The molecule has 0 radical (unpaired) electrons. The van der Waals surface area contributed by atoms with E-state index in [1.165, 1.54) is 13.2 Å². The van der Waals surface area contributed by atoms with Crippen LogP contribution in [-0.4, -0.2) is 91.0 Å². The summed E-state index contributed by atoms with van der Waals surface area (Å²) in [6.45, 7) is 2.03. The fourth-order valence-electron chi connectivity index (χ4n) is 4.57. The number of anilines is 1. The molecule has 1 atom stereocenters. The number of halogens is 3. The predicted molar refractivity (Wildman–Crippen MR) is 123 cm³/mol. The van der Waals surface area contributed by atoms with Gasteiger partial charge in [-0.25, -0.2) is 9.97 Å². The van der Waals surface area contributed by atoms with Crippen LogP contribution < -0.4 is 15.0 Å². The normalized spacial score (nSPS) is 20.7. The number of ether oxygens (including phenoxy) is 1. The standard InChI is InChI=1S/C23H29F3N6O3/c1-30-9-3-4-18(30)21(34)32-10-7-19(33)27-8-11-31(12-13-32)20-16-14-15(35-2)5-6-17(16)28-22(29-20)23(24,25)26/h5-6,14,18H,3-4,7-13H2,1-2H3,(H,27,33). The zero-order valence-corrected chi connectivity index (χ0v) is 19.8. The number of aromatic nitrogens is 2. The highest BCUT2D eigenvalue weighted by Crippen LogP contribution is 2.33. The molecule has 9 nitrogen and oxygen atoms in total. The van der Waals surface area contributed by atoms with Gasteiger partial charge < -0.3 is 19.9 Å².